The molecule has 28 N–H and O–H groups in total. The molecular weight excluding hydrogens is 932 g/mol. The van der Waals surface area contributed by atoms with E-state index in [9.17, 15) is 43.2 Å². The predicted molar refractivity (Wildman–Crippen MR) is 242 cm³/mol. The molecule has 0 saturated carbocycles. The van der Waals surface area contributed by atoms with Gasteiger partial charge in [0.1, 0.15) is 48.3 Å². The summed E-state index contributed by atoms with van der Waals surface area (Å²) in [5.74, 6) is -9.15. The van der Waals surface area contributed by atoms with E-state index in [0.29, 0.717) is 18.8 Å². The molecule has 2 rings (SSSR count). The van der Waals surface area contributed by atoms with Crippen molar-refractivity contribution in [3.63, 3.8) is 0 Å². The molecule has 69 heavy (non-hydrogen) atoms. The standard InChI is InChI=1S/C9H11NO2.C6H13NO2.C5H9NO4.C5H9NO2.2C4H9NO3.2C3H7NO3/c10-8(9(11)12)6-7-4-2-1-3-5-7;1-4(2)3-5(7)6(8)9;6-3(5(9)10)1-2-4(7)8;7-5(8)4-2-1-3-6-4;2*1-2(6)3(5)4(7)8;2*4-2(1-5)3(6)7/h1-5,8H,6,10H2,(H,11,12);4-5H,3,7H2,1-2H3,(H,8,9);3H,1-2,6H2,(H,7,8)(H,9,10);4,6H,1-3H2,(H,7,8);2*2-3,6H,5H2,1H3,(H,7,8);2*2,5H,1,4H2,(H,6,7)/t;;;4-;;;;/m...0..../s1. The molecule has 9 unspecified atom stereocenters. The molecule has 1 aliphatic rings. The zero-order valence-corrected chi connectivity index (χ0v) is 38.6. The van der Waals surface area contributed by atoms with Crippen LogP contribution in [0.2, 0.25) is 0 Å². The van der Waals surface area contributed by atoms with Gasteiger partial charge in [-0.25, -0.2) is 0 Å². The quantitative estimate of drug-likeness (QED) is 0.0615. The molecule has 0 aliphatic carbocycles. The van der Waals surface area contributed by atoms with E-state index < -0.39 is 121 Å². The van der Waals surface area contributed by atoms with Crippen molar-refractivity contribution in [1.29, 1.82) is 0 Å². The van der Waals surface area contributed by atoms with Crippen molar-refractivity contribution in [3.05, 3.63) is 35.9 Å². The van der Waals surface area contributed by atoms with Crippen molar-refractivity contribution in [3.8, 4) is 0 Å². The average Bonchev–Trinajstić information content (AvgIpc) is 3.82. The van der Waals surface area contributed by atoms with Gasteiger partial charge in [-0.15, -0.1) is 0 Å². The summed E-state index contributed by atoms with van der Waals surface area (Å²) in [4.78, 5) is 89.5. The number of benzene rings is 1. The Morgan fingerprint density at radius 3 is 1.09 bits per heavy atom. The molecule has 1 heterocycles. The maximum absolute atomic E-state index is 10.4. The van der Waals surface area contributed by atoms with Gasteiger partial charge in [-0.05, 0) is 64.0 Å². The van der Waals surface area contributed by atoms with Gasteiger partial charge >= 0.3 is 53.7 Å². The van der Waals surface area contributed by atoms with E-state index in [2.05, 4.69) is 5.32 Å². The first-order valence-electron chi connectivity index (χ1n) is 20.2. The van der Waals surface area contributed by atoms with Crippen LogP contribution in [0.25, 0.3) is 0 Å². The first kappa shape index (κ1) is 74.5. The summed E-state index contributed by atoms with van der Waals surface area (Å²) in [5.41, 5.74) is 35.9. The van der Waals surface area contributed by atoms with Gasteiger partial charge in [0.25, 0.3) is 0 Å². The summed E-state index contributed by atoms with van der Waals surface area (Å²) in [6.45, 7) is 6.41. The molecule has 1 aromatic rings. The van der Waals surface area contributed by atoms with E-state index in [0.717, 1.165) is 24.9 Å². The van der Waals surface area contributed by atoms with Gasteiger partial charge in [0.05, 0.1) is 25.4 Å². The number of aliphatic hydroxyl groups is 4. The van der Waals surface area contributed by atoms with Gasteiger partial charge in [0.15, 0.2) is 0 Å². The minimum Gasteiger partial charge on any atom is -0.481 e. The Balaban J connectivity index is -0.000000165. The Kier molecular flexibility index (Phi) is 48.0. The molecule has 10 atom stereocenters. The molecule has 0 aromatic heterocycles. The van der Waals surface area contributed by atoms with Crippen LogP contribution in [0.4, 0.5) is 0 Å². The van der Waals surface area contributed by atoms with E-state index in [-0.39, 0.29) is 18.9 Å². The van der Waals surface area contributed by atoms with Crippen LogP contribution in [0.1, 0.15) is 65.4 Å². The first-order valence-corrected chi connectivity index (χ1v) is 20.2. The molecule has 30 nitrogen and oxygen atoms in total. The van der Waals surface area contributed by atoms with Gasteiger partial charge in [-0.3, -0.25) is 43.2 Å². The highest BCUT2D eigenvalue weighted by atomic mass is 16.4. The molecule has 0 radical (unpaired) electrons. The van der Waals surface area contributed by atoms with E-state index in [1.54, 1.807) is 0 Å². The molecule has 1 aliphatic heterocycles. The average molecular weight is 1010 g/mol. The third-order valence-electron chi connectivity index (χ3n) is 7.64. The third kappa shape index (κ3) is 51.2. The Bertz CT molecular complexity index is 1540. The van der Waals surface area contributed by atoms with Gasteiger partial charge < -0.3 is 112 Å². The summed E-state index contributed by atoms with van der Waals surface area (Å²) in [6, 6.07) is 1.96. The summed E-state index contributed by atoms with van der Waals surface area (Å²) in [5, 5.41) is 109. The lowest BCUT2D eigenvalue weighted by atomic mass is 10.1. The molecule has 1 aromatic carbocycles. The van der Waals surface area contributed by atoms with E-state index >= 15 is 0 Å². The topological polar surface area (TPSA) is 611 Å². The molecule has 1 saturated heterocycles. The fourth-order valence-electron chi connectivity index (χ4n) is 3.43. The highest BCUT2D eigenvalue weighted by Crippen LogP contribution is 2.04. The van der Waals surface area contributed by atoms with Crippen LogP contribution in [0.15, 0.2) is 30.3 Å². The number of nitrogens with one attached hydrogen (secondary N) is 1. The third-order valence-corrected chi connectivity index (χ3v) is 7.64. The second-order valence-electron chi connectivity index (χ2n) is 14.5. The lowest BCUT2D eigenvalue weighted by Gasteiger charge is -2.07. The highest BCUT2D eigenvalue weighted by Gasteiger charge is 2.20. The molecule has 1 fully saturated rings. The number of carboxylic acid groups (broad SMARTS) is 9. The minimum absolute atomic E-state index is 0.0231. The Morgan fingerprint density at radius 2 is 0.913 bits per heavy atom. The van der Waals surface area contributed by atoms with E-state index in [1.807, 2.05) is 44.2 Å². The molecule has 30 heteroatoms. The van der Waals surface area contributed by atoms with Gasteiger partial charge in [-0.1, -0.05) is 44.2 Å². The van der Waals surface area contributed by atoms with Gasteiger partial charge in [-0.2, -0.15) is 0 Å². The SMILES string of the molecule is CC(C)CC(N)C(=O)O.CC(O)C(N)C(=O)O.CC(O)C(N)C(=O)O.NC(CCC(=O)O)C(=O)O.NC(CO)C(=O)O.NC(CO)C(=O)O.NC(Cc1ccccc1)C(=O)O.O=C(O)[C@@H]1CCCN1. The van der Waals surface area contributed by atoms with Crippen molar-refractivity contribution in [2.75, 3.05) is 19.8 Å². The number of rotatable bonds is 19. The summed E-state index contributed by atoms with van der Waals surface area (Å²) in [6.07, 6.45) is 0.538. The van der Waals surface area contributed by atoms with E-state index in [4.69, 9.17) is 107 Å². The van der Waals surface area contributed by atoms with Crippen LogP contribution in [0.5, 0.6) is 0 Å². The highest BCUT2D eigenvalue weighted by molar-refractivity contribution is 5.76. The maximum Gasteiger partial charge on any atom is 0.323 e. The number of carbonyl (C=O) groups is 9. The van der Waals surface area contributed by atoms with Crippen LogP contribution in [-0.2, 0) is 49.6 Å². The smallest absolute Gasteiger partial charge is 0.323 e. The van der Waals surface area contributed by atoms with Crippen LogP contribution in [0, 0.1) is 5.92 Å². The lowest BCUT2D eigenvalue weighted by Crippen LogP contribution is -2.39. The molecule has 402 valence electrons. The normalized spacial score (nSPS) is 15.8. The summed E-state index contributed by atoms with van der Waals surface area (Å²) >= 11 is 0. The van der Waals surface area contributed by atoms with Crippen molar-refractivity contribution in [1.82, 2.24) is 5.32 Å². The first-order chi connectivity index (χ1) is 31.5. The lowest BCUT2D eigenvalue weighted by molar-refractivity contribution is -0.141. The van der Waals surface area contributed by atoms with Crippen LogP contribution >= 0.6 is 0 Å². The fourth-order valence-corrected chi connectivity index (χ4v) is 3.43. The zero-order chi connectivity index (χ0) is 55.7. The Hall–Kier alpha value is -6.03. The minimum atomic E-state index is -1.18. The Labute approximate surface area is 396 Å². The number of carboxylic acids is 9. The van der Waals surface area contributed by atoms with Crippen molar-refractivity contribution in [2.24, 2.45) is 46.1 Å². The van der Waals surface area contributed by atoms with E-state index in [1.165, 1.54) is 13.8 Å². The zero-order valence-electron chi connectivity index (χ0n) is 38.6. The van der Waals surface area contributed by atoms with Crippen LogP contribution in [0.3, 0.4) is 0 Å². The second-order valence-corrected chi connectivity index (χ2v) is 14.5. The number of aliphatic carboxylic acids is 9. The van der Waals surface area contributed by atoms with Crippen molar-refractivity contribution < 1.29 is 110 Å². The number of hydrogen-bond donors (Lipinski definition) is 21. The predicted octanol–water partition coefficient (Wildman–Crippen LogP) is -5.49. The molecular formula is C39H74N8O22. The number of nitrogens with two attached hydrogens (primary N) is 7. The van der Waals surface area contributed by atoms with Crippen LogP contribution in [-0.4, -0.2) is 200 Å². The van der Waals surface area contributed by atoms with Gasteiger partial charge in [0.2, 0.25) is 0 Å². The molecule has 0 spiro atoms. The van der Waals surface area contributed by atoms with Crippen LogP contribution < -0.4 is 45.5 Å². The monoisotopic (exact) mass is 1010 g/mol. The molecule has 0 bridgehead atoms. The van der Waals surface area contributed by atoms with Crippen molar-refractivity contribution in [2.45, 2.75) is 127 Å². The fraction of sp³-hybridized carbons (Fsp3) is 0.615. The largest absolute Gasteiger partial charge is 0.481 e. The van der Waals surface area contributed by atoms with Gasteiger partial charge in [0, 0.05) is 6.42 Å². The molecule has 0 amide bonds. The second kappa shape index (κ2) is 44.5. The summed E-state index contributed by atoms with van der Waals surface area (Å²) in [7, 11) is 0. The summed E-state index contributed by atoms with van der Waals surface area (Å²) < 4.78 is 0. The van der Waals surface area contributed by atoms with Crippen molar-refractivity contribution >= 4 is 53.7 Å². The number of aliphatic hydroxyl groups excluding tert-OH is 4. The number of hydrogen-bond acceptors (Lipinski definition) is 21. The maximum atomic E-state index is 10.4. The Morgan fingerprint density at radius 1 is 0.551 bits per heavy atom.